The second-order valence-corrected chi connectivity index (χ2v) is 3.51. The first kappa shape index (κ1) is 11.4. The van der Waals surface area contributed by atoms with E-state index in [-0.39, 0.29) is 23.8 Å². The summed E-state index contributed by atoms with van der Waals surface area (Å²) in [6.45, 7) is 0.00190. The molecule has 0 aliphatic carbocycles. The molecule has 0 atom stereocenters. The molecule has 2 rings (SSSR count). The van der Waals surface area contributed by atoms with E-state index in [1.165, 1.54) is 24.5 Å². The first-order valence-electron chi connectivity index (χ1n) is 4.58. The van der Waals surface area contributed by atoms with Crippen molar-refractivity contribution >= 4 is 17.6 Å². The van der Waals surface area contributed by atoms with Crippen molar-refractivity contribution in [1.82, 2.24) is 10.1 Å². The van der Waals surface area contributed by atoms with Gasteiger partial charge in [0.15, 0.2) is 12.9 Å². The van der Waals surface area contributed by atoms with Crippen LogP contribution < -0.4 is 4.74 Å². The fourth-order valence-electron chi connectivity index (χ4n) is 1.19. The van der Waals surface area contributed by atoms with Crippen molar-refractivity contribution < 1.29 is 19.2 Å². The Morgan fingerprint density at radius 2 is 2.35 bits per heavy atom. The van der Waals surface area contributed by atoms with Crippen molar-refractivity contribution in [3.63, 3.8) is 0 Å². The Morgan fingerprint density at radius 1 is 1.53 bits per heavy atom. The van der Waals surface area contributed by atoms with E-state index in [1.807, 2.05) is 0 Å². The van der Waals surface area contributed by atoms with E-state index in [1.54, 1.807) is 0 Å². The molecular formula is C10H7ClN2O4. The van der Waals surface area contributed by atoms with Gasteiger partial charge < -0.3 is 14.4 Å². The van der Waals surface area contributed by atoms with Crippen LogP contribution in [0.25, 0.3) is 0 Å². The molecule has 2 aromatic rings. The third kappa shape index (κ3) is 2.73. The number of hydrogen-bond donors (Lipinski definition) is 1. The SMILES string of the molecule is O=C(O)c1cc(Cl)ccc1OCc1ncno1. The molecule has 1 aromatic carbocycles. The first-order chi connectivity index (χ1) is 8.16. The van der Waals surface area contributed by atoms with Gasteiger partial charge in [-0.25, -0.2) is 4.79 Å². The fourth-order valence-corrected chi connectivity index (χ4v) is 1.37. The van der Waals surface area contributed by atoms with Gasteiger partial charge in [0, 0.05) is 5.02 Å². The predicted octanol–water partition coefficient (Wildman–Crippen LogP) is 2.00. The molecule has 0 unspecified atom stereocenters. The molecular weight excluding hydrogens is 248 g/mol. The lowest BCUT2D eigenvalue weighted by Gasteiger charge is -2.07. The van der Waals surface area contributed by atoms with Crippen LogP contribution in [0.4, 0.5) is 0 Å². The van der Waals surface area contributed by atoms with E-state index < -0.39 is 5.97 Å². The topological polar surface area (TPSA) is 85.5 Å². The molecule has 1 aromatic heterocycles. The van der Waals surface area contributed by atoms with Crippen LogP contribution in [0.3, 0.4) is 0 Å². The number of hydrogen-bond acceptors (Lipinski definition) is 5. The monoisotopic (exact) mass is 254 g/mol. The van der Waals surface area contributed by atoms with Crippen molar-refractivity contribution in [1.29, 1.82) is 0 Å². The van der Waals surface area contributed by atoms with Crippen molar-refractivity contribution in [2.75, 3.05) is 0 Å². The Labute approximate surface area is 101 Å². The van der Waals surface area contributed by atoms with Crippen LogP contribution in [-0.2, 0) is 6.61 Å². The Hall–Kier alpha value is -2.08. The number of aromatic nitrogens is 2. The minimum atomic E-state index is -1.12. The standard InChI is InChI=1S/C10H7ClN2O4/c11-6-1-2-8(7(3-6)10(14)15)16-4-9-12-5-13-17-9/h1-3,5H,4H2,(H,14,15). The Kier molecular flexibility index (Phi) is 3.24. The number of benzene rings is 1. The number of carboxylic acids is 1. The van der Waals surface area contributed by atoms with E-state index in [2.05, 4.69) is 10.1 Å². The van der Waals surface area contributed by atoms with Gasteiger partial charge in [-0.2, -0.15) is 4.98 Å². The summed E-state index contributed by atoms with van der Waals surface area (Å²) in [5, 5.41) is 12.7. The molecule has 7 heteroatoms. The number of carbonyl (C=O) groups is 1. The maximum absolute atomic E-state index is 10.9. The van der Waals surface area contributed by atoms with Gasteiger partial charge in [-0.1, -0.05) is 16.8 Å². The number of halogens is 1. The Bertz CT molecular complexity index is 527. The molecule has 17 heavy (non-hydrogen) atoms. The third-order valence-electron chi connectivity index (χ3n) is 1.93. The number of nitrogens with zero attached hydrogens (tertiary/aromatic N) is 2. The van der Waals surface area contributed by atoms with Crippen molar-refractivity contribution in [3.05, 3.63) is 41.0 Å². The average Bonchev–Trinajstić information content (AvgIpc) is 2.80. The highest BCUT2D eigenvalue weighted by Gasteiger charge is 2.12. The summed E-state index contributed by atoms with van der Waals surface area (Å²) in [5.41, 5.74) is -0.0167. The molecule has 0 aliphatic heterocycles. The minimum absolute atomic E-state index is 0.00190. The second-order valence-electron chi connectivity index (χ2n) is 3.07. The Balaban J connectivity index is 2.17. The molecule has 0 radical (unpaired) electrons. The number of aromatic carboxylic acids is 1. The average molecular weight is 255 g/mol. The first-order valence-corrected chi connectivity index (χ1v) is 4.96. The molecule has 0 amide bonds. The lowest BCUT2D eigenvalue weighted by Crippen LogP contribution is -2.03. The zero-order chi connectivity index (χ0) is 12.3. The van der Waals surface area contributed by atoms with E-state index >= 15 is 0 Å². The zero-order valence-corrected chi connectivity index (χ0v) is 9.22. The normalized spacial score (nSPS) is 10.2. The molecule has 0 bridgehead atoms. The van der Waals surface area contributed by atoms with Crippen molar-refractivity contribution in [2.45, 2.75) is 6.61 Å². The maximum Gasteiger partial charge on any atom is 0.339 e. The summed E-state index contributed by atoms with van der Waals surface area (Å²) >= 11 is 5.70. The van der Waals surface area contributed by atoms with Gasteiger partial charge in [0.05, 0.1) is 0 Å². The summed E-state index contributed by atoms with van der Waals surface area (Å²) < 4.78 is 9.98. The molecule has 1 heterocycles. The van der Waals surface area contributed by atoms with Gasteiger partial charge in [0.2, 0.25) is 0 Å². The summed E-state index contributed by atoms with van der Waals surface area (Å²) in [7, 11) is 0. The zero-order valence-electron chi connectivity index (χ0n) is 8.46. The second kappa shape index (κ2) is 4.84. The van der Waals surface area contributed by atoms with Crippen LogP contribution in [0.5, 0.6) is 5.75 Å². The van der Waals surface area contributed by atoms with Gasteiger partial charge >= 0.3 is 5.97 Å². The van der Waals surface area contributed by atoms with Crippen LogP contribution in [0, 0.1) is 0 Å². The van der Waals surface area contributed by atoms with Gasteiger partial charge in [0.25, 0.3) is 5.89 Å². The van der Waals surface area contributed by atoms with Gasteiger partial charge in [-0.05, 0) is 18.2 Å². The number of rotatable bonds is 4. The molecule has 0 saturated carbocycles. The summed E-state index contributed by atoms with van der Waals surface area (Å²) in [6.07, 6.45) is 1.23. The highest BCUT2D eigenvalue weighted by molar-refractivity contribution is 6.31. The Morgan fingerprint density at radius 3 is 3.00 bits per heavy atom. The highest BCUT2D eigenvalue weighted by Crippen LogP contribution is 2.23. The van der Waals surface area contributed by atoms with Crippen molar-refractivity contribution in [3.8, 4) is 5.75 Å². The molecule has 88 valence electrons. The molecule has 1 N–H and O–H groups in total. The summed E-state index contributed by atoms with van der Waals surface area (Å²) in [6, 6.07) is 4.33. The van der Waals surface area contributed by atoms with E-state index in [9.17, 15) is 4.79 Å². The molecule has 0 fully saturated rings. The highest BCUT2D eigenvalue weighted by atomic mass is 35.5. The number of carboxylic acid groups (broad SMARTS) is 1. The summed E-state index contributed by atoms with van der Waals surface area (Å²) in [5.74, 6) is -0.663. The molecule has 0 saturated heterocycles. The van der Waals surface area contributed by atoms with Gasteiger partial charge in [0.1, 0.15) is 11.3 Å². The van der Waals surface area contributed by atoms with E-state index in [0.717, 1.165) is 0 Å². The van der Waals surface area contributed by atoms with Crippen molar-refractivity contribution in [2.24, 2.45) is 0 Å². The van der Waals surface area contributed by atoms with E-state index in [4.69, 9.17) is 26.0 Å². The molecule has 6 nitrogen and oxygen atoms in total. The quantitative estimate of drug-likeness (QED) is 0.898. The third-order valence-corrected chi connectivity index (χ3v) is 2.17. The van der Waals surface area contributed by atoms with Crippen LogP contribution in [0.15, 0.2) is 29.0 Å². The molecule has 0 spiro atoms. The fraction of sp³-hybridized carbons (Fsp3) is 0.100. The van der Waals surface area contributed by atoms with Gasteiger partial charge in [-0.3, -0.25) is 0 Å². The minimum Gasteiger partial charge on any atom is -0.483 e. The summed E-state index contributed by atoms with van der Waals surface area (Å²) in [4.78, 5) is 14.7. The largest absolute Gasteiger partial charge is 0.483 e. The maximum atomic E-state index is 10.9. The van der Waals surface area contributed by atoms with Gasteiger partial charge in [-0.15, -0.1) is 0 Å². The lowest BCUT2D eigenvalue weighted by atomic mass is 10.2. The van der Waals surface area contributed by atoms with E-state index in [0.29, 0.717) is 5.02 Å². The van der Waals surface area contributed by atoms with Crippen LogP contribution in [0.1, 0.15) is 16.2 Å². The number of ether oxygens (including phenoxy) is 1. The van der Waals surface area contributed by atoms with Crippen LogP contribution >= 0.6 is 11.6 Å². The van der Waals surface area contributed by atoms with Crippen LogP contribution in [-0.4, -0.2) is 21.2 Å². The van der Waals surface area contributed by atoms with Crippen LogP contribution in [0.2, 0.25) is 5.02 Å². The smallest absolute Gasteiger partial charge is 0.339 e. The predicted molar refractivity (Wildman–Crippen MR) is 57.0 cm³/mol. The molecule has 0 aliphatic rings. The lowest BCUT2D eigenvalue weighted by molar-refractivity contribution is 0.0691.